The van der Waals surface area contributed by atoms with Crippen LogP contribution in [0.5, 0.6) is 5.75 Å². The van der Waals surface area contributed by atoms with Gasteiger partial charge in [0.05, 0.1) is 13.2 Å². The molecule has 1 aromatic carbocycles. The number of aryl methyl sites for hydroxylation is 1. The van der Waals surface area contributed by atoms with Gasteiger partial charge in [0.2, 0.25) is 5.91 Å². The molecule has 0 aromatic heterocycles. The molecular weight excluding hydrogens is 248 g/mol. The first-order valence-corrected chi connectivity index (χ1v) is 7.18. The average molecular weight is 268 g/mol. The van der Waals surface area contributed by atoms with Crippen LogP contribution in [-0.4, -0.2) is 31.1 Å². The minimum atomic E-state index is -0.459. The van der Waals surface area contributed by atoms with E-state index in [2.05, 4.69) is 5.32 Å². The third-order valence-corrected chi connectivity index (χ3v) is 3.31. The zero-order valence-electron chi connectivity index (χ0n) is 11.0. The van der Waals surface area contributed by atoms with Crippen LogP contribution in [0.2, 0.25) is 0 Å². The molecule has 0 heterocycles. The van der Waals surface area contributed by atoms with Crippen molar-refractivity contribution < 1.29 is 9.53 Å². The second kappa shape index (κ2) is 7.28. The molecule has 1 rings (SSSR count). The molecule has 0 saturated carbocycles. The Hall–Kier alpha value is -1.20. The van der Waals surface area contributed by atoms with E-state index in [1.165, 1.54) is 0 Å². The molecule has 18 heavy (non-hydrogen) atoms. The van der Waals surface area contributed by atoms with Gasteiger partial charge in [-0.1, -0.05) is 0 Å². The maximum absolute atomic E-state index is 11.8. The molecular formula is C13H20N2O2S. The molecule has 1 amide bonds. The topological polar surface area (TPSA) is 64.3 Å². The Kier molecular flexibility index (Phi) is 6.01. The van der Waals surface area contributed by atoms with Crippen LogP contribution in [0.15, 0.2) is 18.2 Å². The molecule has 0 saturated heterocycles. The van der Waals surface area contributed by atoms with E-state index in [1.807, 2.05) is 31.4 Å². The van der Waals surface area contributed by atoms with Crippen molar-refractivity contribution >= 4 is 23.4 Å². The number of ether oxygens (including phenoxy) is 1. The van der Waals surface area contributed by atoms with Gasteiger partial charge in [0, 0.05) is 5.69 Å². The highest BCUT2D eigenvalue weighted by molar-refractivity contribution is 7.98. The van der Waals surface area contributed by atoms with Crippen molar-refractivity contribution in [2.24, 2.45) is 5.73 Å². The number of hydrogen-bond acceptors (Lipinski definition) is 4. The van der Waals surface area contributed by atoms with Crippen LogP contribution in [0.4, 0.5) is 5.69 Å². The summed E-state index contributed by atoms with van der Waals surface area (Å²) in [5.41, 5.74) is 7.54. The first-order chi connectivity index (χ1) is 8.58. The van der Waals surface area contributed by atoms with E-state index < -0.39 is 6.04 Å². The van der Waals surface area contributed by atoms with Gasteiger partial charge in [-0.25, -0.2) is 0 Å². The molecule has 100 valence electrons. The van der Waals surface area contributed by atoms with E-state index in [9.17, 15) is 4.79 Å². The van der Waals surface area contributed by atoms with E-state index in [1.54, 1.807) is 18.9 Å². The average Bonchev–Trinajstić information content (AvgIpc) is 2.38. The molecule has 0 radical (unpaired) electrons. The lowest BCUT2D eigenvalue weighted by atomic mass is 10.1. The van der Waals surface area contributed by atoms with Crippen molar-refractivity contribution in [2.75, 3.05) is 24.4 Å². The maximum Gasteiger partial charge on any atom is 0.241 e. The highest BCUT2D eigenvalue weighted by Gasteiger charge is 2.13. The van der Waals surface area contributed by atoms with Crippen LogP contribution < -0.4 is 15.8 Å². The number of amides is 1. The van der Waals surface area contributed by atoms with Gasteiger partial charge in [-0.3, -0.25) is 4.79 Å². The molecule has 1 atom stereocenters. The van der Waals surface area contributed by atoms with Crippen molar-refractivity contribution in [1.29, 1.82) is 0 Å². The SMILES string of the molecule is COc1ccc(NC(=O)[C@H](N)CCSC)c(C)c1. The highest BCUT2D eigenvalue weighted by Crippen LogP contribution is 2.21. The molecule has 5 heteroatoms. The Labute approximate surface area is 112 Å². The van der Waals surface area contributed by atoms with Crippen molar-refractivity contribution in [3.63, 3.8) is 0 Å². The Balaban J connectivity index is 2.64. The molecule has 4 nitrogen and oxygen atoms in total. The Morgan fingerprint density at radius 1 is 1.56 bits per heavy atom. The summed E-state index contributed by atoms with van der Waals surface area (Å²) in [6.45, 7) is 1.92. The van der Waals surface area contributed by atoms with E-state index in [4.69, 9.17) is 10.5 Å². The standard InChI is InChI=1S/C13H20N2O2S/c1-9-8-10(17-2)4-5-12(9)15-13(16)11(14)6-7-18-3/h4-5,8,11H,6-7,14H2,1-3H3,(H,15,16)/t11-/m1/s1. The highest BCUT2D eigenvalue weighted by atomic mass is 32.2. The second-order valence-corrected chi connectivity index (χ2v) is 5.04. The molecule has 0 unspecified atom stereocenters. The van der Waals surface area contributed by atoms with E-state index in [0.717, 1.165) is 22.8 Å². The van der Waals surface area contributed by atoms with Gasteiger partial charge in [0.25, 0.3) is 0 Å². The fraction of sp³-hybridized carbons (Fsp3) is 0.462. The number of anilines is 1. The molecule has 0 aliphatic carbocycles. The third kappa shape index (κ3) is 4.23. The van der Waals surface area contributed by atoms with Gasteiger partial charge in [-0.05, 0) is 49.1 Å². The molecule has 0 aliphatic rings. The van der Waals surface area contributed by atoms with Crippen LogP contribution in [0.1, 0.15) is 12.0 Å². The fourth-order valence-electron chi connectivity index (χ4n) is 1.50. The number of carbonyl (C=O) groups is 1. The van der Waals surface area contributed by atoms with Gasteiger partial charge in [-0.2, -0.15) is 11.8 Å². The van der Waals surface area contributed by atoms with Crippen molar-refractivity contribution in [1.82, 2.24) is 0 Å². The molecule has 1 aromatic rings. The summed E-state index contributed by atoms with van der Waals surface area (Å²) in [7, 11) is 1.62. The first-order valence-electron chi connectivity index (χ1n) is 5.78. The Morgan fingerprint density at radius 3 is 2.83 bits per heavy atom. The van der Waals surface area contributed by atoms with Gasteiger partial charge in [0.1, 0.15) is 5.75 Å². The number of hydrogen-bond donors (Lipinski definition) is 2. The summed E-state index contributed by atoms with van der Waals surface area (Å²) in [5.74, 6) is 1.52. The lowest BCUT2D eigenvalue weighted by molar-refractivity contribution is -0.117. The van der Waals surface area contributed by atoms with E-state index in [0.29, 0.717) is 6.42 Å². The second-order valence-electron chi connectivity index (χ2n) is 4.06. The minimum Gasteiger partial charge on any atom is -0.497 e. The zero-order valence-corrected chi connectivity index (χ0v) is 11.8. The number of methoxy groups -OCH3 is 1. The van der Waals surface area contributed by atoms with Gasteiger partial charge in [-0.15, -0.1) is 0 Å². The van der Waals surface area contributed by atoms with Crippen molar-refractivity contribution in [3.05, 3.63) is 23.8 Å². The van der Waals surface area contributed by atoms with Gasteiger partial charge in [0.15, 0.2) is 0 Å². The summed E-state index contributed by atoms with van der Waals surface area (Å²) in [6.07, 6.45) is 2.68. The number of nitrogens with two attached hydrogens (primary N) is 1. The predicted molar refractivity (Wildman–Crippen MR) is 77.3 cm³/mol. The van der Waals surface area contributed by atoms with Crippen molar-refractivity contribution in [3.8, 4) is 5.75 Å². The third-order valence-electron chi connectivity index (χ3n) is 2.66. The number of carbonyl (C=O) groups excluding carboxylic acids is 1. The fourth-order valence-corrected chi connectivity index (χ4v) is 1.99. The van der Waals surface area contributed by atoms with Crippen LogP contribution in [0.25, 0.3) is 0 Å². The summed E-state index contributed by atoms with van der Waals surface area (Å²) in [4.78, 5) is 11.8. The normalized spacial score (nSPS) is 12.0. The number of rotatable bonds is 6. The first kappa shape index (κ1) is 14.9. The summed E-state index contributed by atoms with van der Waals surface area (Å²) in [5, 5.41) is 2.84. The van der Waals surface area contributed by atoms with Gasteiger partial charge < -0.3 is 15.8 Å². The maximum atomic E-state index is 11.8. The predicted octanol–water partition coefficient (Wildman–Crippen LogP) is 2.02. The molecule has 0 aliphatic heterocycles. The number of benzene rings is 1. The summed E-state index contributed by atoms with van der Waals surface area (Å²) < 4.78 is 5.12. The monoisotopic (exact) mass is 268 g/mol. The number of thioether (sulfide) groups is 1. The zero-order chi connectivity index (χ0) is 13.5. The van der Waals surface area contributed by atoms with Crippen LogP contribution in [-0.2, 0) is 4.79 Å². The van der Waals surface area contributed by atoms with Gasteiger partial charge >= 0.3 is 0 Å². The largest absolute Gasteiger partial charge is 0.497 e. The van der Waals surface area contributed by atoms with Crippen molar-refractivity contribution in [2.45, 2.75) is 19.4 Å². The van der Waals surface area contributed by atoms with Crippen LogP contribution in [0, 0.1) is 6.92 Å². The van der Waals surface area contributed by atoms with Crippen LogP contribution >= 0.6 is 11.8 Å². The summed E-state index contributed by atoms with van der Waals surface area (Å²) >= 11 is 1.69. The molecule has 3 N–H and O–H groups in total. The number of nitrogens with one attached hydrogen (secondary N) is 1. The van der Waals surface area contributed by atoms with E-state index >= 15 is 0 Å². The quantitative estimate of drug-likeness (QED) is 0.828. The Morgan fingerprint density at radius 2 is 2.28 bits per heavy atom. The lowest BCUT2D eigenvalue weighted by Gasteiger charge is -2.13. The molecule has 0 bridgehead atoms. The Bertz CT molecular complexity index is 410. The molecule has 0 fully saturated rings. The lowest BCUT2D eigenvalue weighted by Crippen LogP contribution is -2.36. The minimum absolute atomic E-state index is 0.141. The smallest absolute Gasteiger partial charge is 0.241 e. The summed E-state index contributed by atoms with van der Waals surface area (Å²) in [6, 6.07) is 5.06. The van der Waals surface area contributed by atoms with E-state index in [-0.39, 0.29) is 5.91 Å². The van der Waals surface area contributed by atoms with Crippen LogP contribution in [0.3, 0.4) is 0 Å². The molecule has 0 spiro atoms.